The van der Waals surface area contributed by atoms with Crippen LogP contribution in [-0.2, 0) is 11.2 Å². The van der Waals surface area contributed by atoms with Crippen molar-refractivity contribution in [3.8, 4) is 11.5 Å². The normalized spacial score (nSPS) is 11.9. The van der Waals surface area contributed by atoms with E-state index in [9.17, 15) is 9.90 Å². The predicted octanol–water partition coefficient (Wildman–Crippen LogP) is 1.47. The zero-order valence-corrected chi connectivity index (χ0v) is 10.5. The van der Waals surface area contributed by atoms with E-state index in [1.165, 1.54) is 0 Å². The molecular weight excluding hydrogens is 236 g/mol. The Labute approximate surface area is 106 Å². The average molecular weight is 254 g/mol. The molecule has 1 aromatic rings. The summed E-state index contributed by atoms with van der Waals surface area (Å²) < 4.78 is 10.4. The molecule has 1 unspecified atom stereocenters. The number of ether oxygens (including phenoxy) is 2. The van der Waals surface area contributed by atoms with Crippen LogP contribution in [0.2, 0.25) is 0 Å². The molecule has 0 saturated carbocycles. The number of aliphatic hydroxyl groups is 1. The minimum Gasteiger partial charge on any atom is -0.493 e. The van der Waals surface area contributed by atoms with Crippen molar-refractivity contribution in [2.24, 2.45) is 0 Å². The van der Waals surface area contributed by atoms with Crippen molar-refractivity contribution in [2.45, 2.75) is 25.4 Å². The average Bonchev–Trinajstić information content (AvgIpc) is 2.34. The monoisotopic (exact) mass is 254 g/mol. The number of carboxylic acid groups (broad SMARTS) is 1. The number of aliphatic hydroxyl groups excluding tert-OH is 1. The first-order valence-electron chi connectivity index (χ1n) is 5.68. The van der Waals surface area contributed by atoms with Crippen molar-refractivity contribution in [1.82, 2.24) is 0 Å². The molecule has 0 bridgehead atoms. The summed E-state index contributed by atoms with van der Waals surface area (Å²) in [5.41, 5.74) is 0.890. The number of aryl methyl sites for hydroxylation is 1. The van der Waals surface area contributed by atoms with E-state index < -0.39 is 12.1 Å². The molecule has 1 rings (SSSR count). The van der Waals surface area contributed by atoms with Crippen molar-refractivity contribution in [2.75, 3.05) is 14.2 Å². The number of carbonyl (C=O) groups is 1. The molecule has 0 spiro atoms. The van der Waals surface area contributed by atoms with Crippen LogP contribution in [0.5, 0.6) is 11.5 Å². The number of para-hydroxylation sites is 1. The Balaban J connectivity index is 2.69. The first kappa shape index (κ1) is 14.3. The maximum atomic E-state index is 10.4. The lowest BCUT2D eigenvalue weighted by Gasteiger charge is -2.13. The van der Waals surface area contributed by atoms with Gasteiger partial charge in [-0.05, 0) is 24.5 Å². The number of benzene rings is 1. The second-order valence-corrected chi connectivity index (χ2v) is 3.94. The number of hydrogen-bond donors (Lipinski definition) is 2. The summed E-state index contributed by atoms with van der Waals surface area (Å²) in [5, 5.41) is 18.1. The van der Waals surface area contributed by atoms with Crippen LogP contribution in [0.1, 0.15) is 18.4 Å². The van der Waals surface area contributed by atoms with Gasteiger partial charge in [-0.3, -0.25) is 4.79 Å². The quantitative estimate of drug-likeness (QED) is 0.770. The third-order valence-electron chi connectivity index (χ3n) is 2.64. The van der Waals surface area contributed by atoms with Crippen LogP contribution in [0.15, 0.2) is 18.2 Å². The number of methoxy groups -OCH3 is 2. The van der Waals surface area contributed by atoms with E-state index in [4.69, 9.17) is 14.6 Å². The summed E-state index contributed by atoms with van der Waals surface area (Å²) in [7, 11) is 3.11. The zero-order valence-electron chi connectivity index (χ0n) is 10.5. The Kier molecular flexibility index (Phi) is 5.45. The summed E-state index contributed by atoms with van der Waals surface area (Å²) in [4.78, 5) is 10.4. The molecule has 18 heavy (non-hydrogen) atoms. The zero-order chi connectivity index (χ0) is 13.5. The molecule has 0 aromatic heterocycles. The van der Waals surface area contributed by atoms with Crippen molar-refractivity contribution in [3.05, 3.63) is 23.8 Å². The van der Waals surface area contributed by atoms with Crippen molar-refractivity contribution in [3.63, 3.8) is 0 Å². The van der Waals surface area contributed by atoms with Gasteiger partial charge in [0, 0.05) is 0 Å². The van der Waals surface area contributed by atoms with E-state index in [-0.39, 0.29) is 6.42 Å². The van der Waals surface area contributed by atoms with Crippen LogP contribution in [0.3, 0.4) is 0 Å². The van der Waals surface area contributed by atoms with Crippen LogP contribution in [0.4, 0.5) is 0 Å². The standard InChI is InChI=1S/C13H18O5/c1-17-11-5-3-4-9(13(11)18-2)6-7-10(14)8-12(15)16/h3-5,10,14H,6-8H2,1-2H3,(H,15,16). The molecule has 100 valence electrons. The van der Waals surface area contributed by atoms with E-state index in [0.717, 1.165) is 5.56 Å². The van der Waals surface area contributed by atoms with Crippen LogP contribution in [0.25, 0.3) is 0 Å². The van der Waals surface area contributed by atoms with Gasteiger partial charge in [-0.25, -0.2) is 0 Å². The van der Waals surface area contributed by atoms with Gasteiger partial charge in [0.1, 0.15) is 0 Å². The Morgan fingerprint density at radius 3 is 2.61 bits per heavy atom. The first-order chi connectivity index (χ1) is 8.58. The number of aliphatic carboxylic acids is 1. The highest BCUT2D eigenvalue weighted by molar-refractivity contribution is 5.67. The molecule has 1 aromatic carbocycles. The SMILES string of the molecule is COc1cccc(CCC(O)CC(=O)O)c1OC. The third-order valence-corrected chi connectivity index (χ3v) is 2.64. The minimum atomic E-state index is -1.000. The molecule has 0 heterocycles. The van der Waals surface area contributed by atoms with Gasteiger partial charge in [0.2, 0.25) is 0 Å². The fourth-order valence-electron chi connectivity index (χ4n) is 1.78. The lowest BCUT2D eigenvalue weighted by molar-refractivity contribution is -0.139. The smallest absolute Gasteiger partial charge is 0.305 e. The highest BCUT2D eigenvalue weighted by atomic mass is 16.5. The summed E-state index contributed by atoms with van der Waals surface area (Å²) in [6, 6.07) is 5.49. The molecule has 0 saturated heterocycles. The Morgan fingerprint density at radius 2 is 2.06 bits per heavy atom. The van der Waals surface area contributed by atoms with Gasteiger partial charge in [-0.1, -0.05) is 12.1 Å². The van der Waals surface area contributed by atoms with E-state index in [1.807, 2.05) is 12.1 Å². The molecule has 0 radical (unpaired) electrons. The van der Waals surface area contributed by atoms with Crippen LogP contribution >= 0.6 is 0 Å². The van der Waals surface area contributed by atoms with Gasteiger partial charge in [-0.15, -0.1) is 0 Å². The first-order valence-corrected chi connectivity index (χ1v) is 5.68. The van der Waals surface area contributed by atoms with Gasteiger partial charge in [-0.2, -0.15) is 0 Å². The lowest BCUT2D eigenvalue weighted by Crippen LogP contribution is -2.13. The molecule has 0 aliphatic carbocycles. The van der Waals surface area contributed by atoms with E-state index in [2.05, 4.69) is 0 Å². The third kappa shape index (κ3) is 3.92. The molecule has 5 nitrogen and oxygen atoms in total. The second kappa shape index (κ2) is 6.86. The van der Waals surface area contributed by atoms with Gasteiger partial charge in [0.15, 0.2) is 11.5 Å². The molecule has 0 amide bonds. The minimum absolute atomic E-state index is 0.244. The van der Waals surface area contributed by atoms with Gasteiger partial charge >= 0.3 is 5.97 Å². The van der Waals surface area contributed by atoms with Crippen molar-refractivity contribution in [1.29, 1.82) is 0 Å². The highest BCUT2D eigenvalue weighted by Crippen LogP contribution is 2.31. The summed E-state index contributed by atoms with van der Waals surface area (Å²) in [6.07, 6.45) is -0.185. The van der Waals surface area contributed by atoms with Gasteiger partial charge in [0.05, 0.1) is 26.7 Å². The number of hydrogen-bond acceptors (Lipinski definition) is 4. The Morgan fingerprint density at radius 1 is 1.33 bits per heavy atom. The fraction of sp³-hybridized carbons (Fsp3) is 0.462. The number of rotatable bonds is 7. The molecular formula is C13H18O5. The van der Waals surface area contributed by atoms with Gasteiger partial charge in [0.25, 0.3) is 0 Å². The van der Waals surface area contributed by atoms with Crippen LogP contribution in [-0.4, -0.2) is 36.5 Å². The molecule has 0 aliphatic heterocycles. The van der Waals surface area contributed by atoms with Crippen molar-refractivity contribution >= 4 is 5.97 Å². The molecule has 5 heteroatoms. The predicted molar refractivity (Wildman–Crippen MR) is 66.1 cm³/mol. The highest BCUT2D eigenvalue weighted by Gasteiger charge is 2.13. The fourth-order valence-corrected chi connectivity index (χ4v) is 1.78. The summed E-state index contributed by atoms with van der Waals surface area (Å²) in [5.74, 6) is 0.255. The van der Waals surface area contributed by atoms with Gasteiger partial charge < -0.3 is 19.7 Å². The number of carboxylic acids is 1. The summed E-state index contributed by atoms with van der Waals surface area (Å²) in [6.45, 7) is 0. The maximum absolute atomic E-state index is 10.4. The molecule has 2 N–H and O–H groups in total. The summed E-state index contributed by atoms with van der Waals surface area (Å²) >= 11 is 0. The van der Waals surface area contributed by atoms with E-state index in [0.29, 0.717) is 24.3 Å². The molecule has 0 aliphatic rings. The topological polar surface area (TPSA) is 76.0 Å². The largest absolute Gasteiger partial charge is 0.493 e. The van der Waals surface area contributed by atoms with Crippen LogP contribution in [0, 0.1) is 0 Å². The second-order valence-electron chi connectivity index (χ2n) is 3.94. The lowest BCUT2D eigenvalue weighted by atomic mass is 10.0. The van der Waals surface area contributed by atoms with E-state index in [1.54, 1.807) is 20.3 Å². The van der Waals surface area contributed by atoms with E-state index >= 15 is 0 Å². The Hall–Kier alpha value is -1.75. The molecule has 0 fully saturated rings. The van der Waals surface area contributed by atoms with Crippen molar-refractivity contribution < 1.29 is 24.5 Å². The van der Waals surface area contributed by atoms with Crippen LogP contribution < -0.4 is 9.47 Å². The molecule has 1 atom stereocenters. The maximum Gasteiger partial charge on any atom is 0.305 e. The Bertz CT molecular complexity index is 402.